The Hall–Kier alpha value is -2.37. The van der Waals surface area contributed by atoms with Crippen molar-refractivity contribution < 1.29 is 23.9 Å². The van der Waals surface area contributed by atoms with E-state index in [4.69, 9.17) is 0 Å². The summed E-state index contributed by atoms with van der Waals surface area (Å²) in [7, 11) is 2.53. The van der Waals surface area contributed by atoms with Gasteiger partial charge in [0.2, 0.25) is 5.91 Å². The molecule has 1 aromatic carbocycles. The molecule has 0 saturated carbocycles. The first-order valence-electron chi connectivity index (χ1n) is 7.02. The predicted octanol–water partition coefficient (Wildman–Crippen LogP) is 1.18. The molecule has 0 radical (unpaired) electrons. The molecule has 0 aliphatic rings. The van der Waals surface area contributed by atoms with Gasteiger partial charge in [0.1, 0.15) is 6.42 Å². The molecule has 6 heteroatoms. The quantitative estimate of drug-likeness (QED) is 0.533. The van der Waals surface area contributed by atoms with Crippen molar-refractivity contribution in [2.24, 2.45) is 0 Å². The average Bonchev–Trinajstić information content (AvgIpc) is 2.55. The maximum absolute atomic E-state index is 12.1. The molecule has 120 valence electrons. The van der Waals surface area contributed by atoms with Gasteiger partial charge in [0, 0.05) is 13.1 Å². The molecule has 0 saturated heterocycles. The number of benzene rings is 1. The highest BCUT2D eigenvalue weighted by Gasteiger charge is 2.18. The number of rotatable bonds is 8. The number of hydrogen-bond acceptors (Lipinski definition) is 5. The van der Waals surface area contributed by atoms with Crippen LogP contribution in [0.2, 0.25) is 0 Å². The lowest BCUT2D eigenvalue weighted by Gasteiger charge is -2.22. The van der Waals surface area contributed by atoms with E-state index in [0.717, 1.165) is 5.56 Å². The van der Waals surface area contributed by atoms with Gasteiger partial charge in [-0.1, -0.05) is 30.3 Å². The van der Waals surface area contributed by atoms with E-state index in [9.17, 15) is 14.4 Å². The number of esters is 2. The summed E-state index contributed by atoms with van der Waals surface area (Å²) in [5.41, 5.74) is 1.08. The minimum atomic E-state index is -0.590. The molecule has 0 fully saturated rings. The summed E-state index contributed by atoms with van der Waals surface area (Å²) >= 11 is 0. The fourth-order valence-electron chi connectivity index (χ4n) is 1.91. The van der Waals surface area contributed by atoms with Gasteiger partial charge < -0.3 is 14.4 Å². The maximum Gasteiger partial charge on any atom is 0.315 e. The Kier molecular flexibility index (Phi) is 7.67. The molecule has 0 unspecified atom stereocenters. The number of methoxy groups -OCH3 is 2. The smallest absolute Gasteiger partial charge is 0.315 e. The SMILES string of the molecule is COC(=O)CCN(CCc1ccccc1)C(=O)CC(=O)OC. The van der Waals surface area contributed by atoms with E-state index in [-0.39, 0.29) is 25.3 Å². The largest absolute Gasteiger partial charge is 0.469 e. The van der Waals surface area contributed by atoms with Crippen molar-refractivity contribution in [3.8, 4) is 0 Å². The molecule has 0 bridgehead atoms. The third kappa shape index (κ3) is 6.39. The Morgan fingerprint density at radius 1 is 0.955 bits per heavy atom. The molecular formula is C16H21NO5. The molecule has 0 spiro atoms. The van der Waals surface area contributed by atoms with Gasteiger partial charge in [0.15, 0.2) is 0 Å². The second-order valence-corrected chi connectivity index (χ2v) is 4.70. The van der Waals surface area contributed by atoms with E-state index < -0.39 is 11.9 Å². The van der Waals surface area contributed by atoms with Crippen LogP contribution in [-0.4, -0.2) is 50.1 Å². The summed E-state index contributed by atoms with van der Waals surface area (Å²) in [5, 5.41) is 0. The summed E-state index contributed by atoms with van der Waals surface area (Å²) < 4.78 is 9.08. The van der Waals surface area contributed by atoms with Gasteiger partial charge in [0.05, 0.1) is 20.6 Å². The van der Waals surface area contributed by atoms with Crippen LogP contribution in [0.25, 0.3) is 0 Å². The van der Waals surface area contributed by atoms with Gasteiger partial charge >= 0.3 is 11.9 Å². The van der Waals surface area contributed by atoms with Gasteiger partial charge in [-0.15, -0.1) is 0 Å². The van der Waals surface area contributed by atoms with Crippen molar-refractivity contribution in [2.45, 2.75) is 19.3 Å². The number of ether oxygens (including phenoxy) is 2. The molecule has 1 rings (SSSR count). The van der Waals surface area contributed by atoms with Crippen molar-refractivity contribution in [1.29, 1.82) is 0 Å². The van der Waals surface area contributed by atoms with Crippen LogP contribution in [0.1, 0.15) is 18.4 Å². The predicted molar refractivity (Wildman–Crippen MR) is 80.0 cm³/mol. The van der Waals surface area contributed by atoms with Crippen LogP contribution in [-0.2, 0) is 30.3 Å². The van der Waals surface area contributed by atoms with E-state index >= 15 is 0 Å². The average molecular weight is 307 g/mol. The van der Waals surface area contributed by atoms with E-state index in [2.05, 4.69) is 9.47 Å². The van der Waals surface area contributed by atoms with Gasteiger partial charge in [-0.05, 0) is 12.0 Å². The zero-order valence-corrected chi connectivity index (χ0v) is 12.9. The summed E-state index contributed by atoms with van der Waals surface area (Å²) in [6, 6.07) is 9.68. The third-order valence-corrected chi connectivity index (χ3v) is 3.20. The van der Waals surface area contributed by atoms with Crippen LogP contribution in [0.3, 0.4) is 0 Å². The van der Waals surface area contributed by atoms with E-state index in [1.54, 1.807) is 0 Å². The second kappa shape index (κ2) is 9.55. The van der Waals surface area contributed by atoms with Crippen LogP contribution < -0.4 is 0 Å². The summed E-state index contributed by atoms with van der Waals surface area (Å²) in [6.45, 7) is 0.645. The highest BCUT2D eigenvalue weighted by Crippen LogP contribution is 2.05. The maximum atomic E-state index is 12.1. The topological polar surface area (TPSA) is 72.9 Å². The lowest BCUT2D eigenvalue weighted by Crippen LogP contribution is -2.36. The monoisotopic (exact) mass is 307 g/mol. The number of amides is 1. The summed E-state index contributed by atoms with van der Waals surface area (Å²) in [6.07, 6.45) is 0.416. The van der Waals surface area contributed by atoms with Gasteiger partial charge in [-0.3, -0.25) is 14.4 Å². The fourth-order valence-corrected chi connectivity index (χ4v) is 1.91. The van der Waals surface area contributed by atoms with Crippen molar-refractivity contribution in [2.75, 3.05) is 27.3 Å². The van der Waals surface area contributed by atoms with Crippen molar-refractivity contribution >= 4 is 17.8 Å². The van der Waals surface area contributed by atoms with Gasteiger partial charge in [-0.25, -0.2) is 0 Å². The van der Waals surface area contributed by atoms with Crippen LogP contribution in [0.15, 0.2) is 30.3 Å². The lowest BCUT2D eigenvalue weighted by molar-refractivity contribution is -0.147. The normalized spacial score (nSPS) is 9.91. The van der Waals surface area contributed by atoms with Gasteiger partial charge in [-0.2, -0.15) is 0 Å². The zero-order valence-electron chi connectivity index (χ0n) is 12.9. The molecule has 0 aliphatic heterocycles. The first-order valence-corrected chi connectivity index (χ1v) is 7.02. The van der Waals surface area contributed by atoms with Crippen molar-refractivity contribution in [3.63, 3.8) is 0 Å². The first-order chi connectivity index (χ1) is 10.6. The fraction of sp³-hybridized carbons (Fsp3) is 0.438. The number of nitrogens with zero attached hydrogens (tertiary/aromatic N) is 1. The number of carbonyl (C=O) groups excluding carboxylic acids is 3. The standard InChI is InChI=1S/C16H21NO5/c1-21-15(19)9-11-17(14(18)12-16(20)22-2)10-8-13-6-4-3-5-7-13/h3-7H,8-12H2,1-2H3. The molecule has 0 N–H and O–H groups in total. The van der Waals surface area contributed by atoms with Crippen LogP contribution in [0.4, 0.5) is 0 Å². The zero-order chi connectivity index (χ0) is 16.4. The van der Waals surface area contributed by atoms with Crippen LogP contribution in [0.5, 0.6) is 0 Å². The summed E-state index contributed by atoms with van der Waals surface area (Å²) in [5.74, 6) is -1.34. The van der Waals surface area contributed by atoms with E-state index in [1.807, 2.05) is 30.3 Å². The molecule has 1 amide bonds. The Labute approximate surface area is 130 Å². The molecule has 0 aromatic heterocycles. The van der Waals surface area contributed by atoms with Crippen LogP contribution >= 0.6 is 0 Å². The second-order valence-electron chi connectivity index (χ2n) is 4.70. The van der Waals surface area contributed by atoms with Gasteiger partial charge in [0.25, 0.3) is 0 Å². The highest BCUT2D eigenvalue weighted by molar-refractivity contribution is 5.94. The third-order valence-electron chi connectivity index (χ3n) is 3.20. The minimum absolute atomic E-state index is 0.0954. The Morgan fingerprint density at radius 2 is 1.59 bits per heavy atom. The Bertz CT molecular complexity index is 501. The molecule has 0 heterocycles. The van der Waals surface area contributed by atoms with Crippen LogP contribution in [0, 0.1) is 0 Å². The Balaban J connectivity index is 2.62. The van der Waals surface area contributed by atoms with E-state index in [1.165, 1.54) is 19.1 Å². The molecular weight excluding hydrogens is 286 g/mol. The lowest BCUT2D eigenvalue weighted by atomic mass is 10.1. The number of carbonyl (C=O) groups is 3. The molecule has 0 atom stereocenters. The highest BCUT2D eigenvalue weighted by atomic mass is 16.5. The molecule has 0 aliphatic carbocycles. The first kappa shape index (κ1) is 17.7. The molecule has 1 aromatic rings. The summed E-state index contributed by atoms with van der Waals surface area (Å²) in [4.78, 5) is 36.1. The Morgan fingerprint density at radius 3 is 2.18 bits per heavy atom. The molecule has 6 nitrogen and oxygen atoms in total. The molecule has 22 heavy (non-hydrogen) atoms. The minimum Gasteiger partial charge on any atom is -0.469 e. The number of hydrogen-bond donors (Lipinski definition) is 0. The van der Waals surface area contributed by atoms with Crippen molar-refractivity contribution in [1.82, 2.24) is 4.90 Å². The van der Waals surface area contributed by atoms with Crippen molar-refractivity contribution in [3.05, 3.63) is 35.9 Å². The van der Waals surface area contributed by atoms with E-state index in [0.29, 0.717) is 13.0 Å².